The maximum Gasteiger partial charge on any atom is 0.0831 e. The summed E-state index contributed by atoms with van der Waals surface area (Å²) >= 11 is 21.2. The zero-order valence-corrected chi connectivity index (χ0v) is 13.6. The lowest BCUT2D eigenvalue weighted by Gasteiger charge is -2.13. The average Bonchev–Trinajstić information content (AvgIpc) is 2.36. The molecule has 1 atom stereocenters. The molecular weight excluding hydrogens is 370 g/mol. The van der Waals surface area contributed by atoms with Gasteiger partial charge in [0, 0.05) is 20.9 Å². The van der Waals surface area contributed by atoms with Gasteiger partial charge in [0.1, 0.15) is 0 Å². The van der Waals surface area contributed by atoms with Crippen LogP contribution in [-0.2, 0) is 6.42 Å². The summed E-state index contributed by atoms with van der Waals surface area (Å²) in [5, 5.41) is 12.0. The van der Waals surface area contributed by atoms with Gasteiger partial charge in [0.15, 0.2) is 0 Å². The van der Waals surface area contributed by atoms with Gasteiger partial charge in [-0.1, -0.05) is 46.9 Å². The van der Waals surface area contributed by atoms with Crippen molar-refractivity contribution < 1.29 is 5.11 Å². The largest absolute Gasteiger partial charge is 0.388 e. The second-order valence-electron chi connectivity index (χ2n) is 4.13. The topological polar surface area (TPSA) is 20.2 Å². The van der Waals surface area contributed by atoms with Gasteiger partial charge < -0.3 is 5.11 Å². The molecule has 0 amide bonds. The van der Waals surface area contributed by atoms with Crippen molar-refractivity contribution in [2.75, 3.05) is 0 Å². The van der Waals surface area contributed by atoms with Gasteiger partial charge in [-0.2, -0.15) is 0 Å². The summed E-state index contributed by atoms with van der Waals surface area (Å²) in [4.78, 5) is 0. The van der Waals surface area contributed by atoms with E-state index in [1.165, 1.54) is 0 Å². The first-order valence-corrected chi connectivity index (χ1v) is 7.47. The molecule has 5 heteroatoms. The Bertz CT molecular complexity index is 601. The maximum absolute atomic E-state index is 10.2. The van der Waals surface area contributed by atoms with Gasteiger partial charge in [-0.25, -0.2) is 0 Å². The summed E-state index contributed by atoms with van der Waals surface area (Å²) in [6.07, 6.45) is -0.225. The minimum Gasteiger partial charge on any atom is -0.388 e. The van der Waals surface area contributed by atoms with Crippen LogP contribution in [0.3, 0.4) is 0 Å². The first-order valence-electron chi connectivity index (χ1n) is 5.54. The molecule has 0 saturated carbocycles. The second kappa shape index (κ2) is 6.47. The van der Waals surface area contributed by atoms with Crippen LogP contribution in [0.2, 0.25) is 15.1 Å². The molecular formula is C14H10BrCl3O. The molecule has 0 aliphatic rings. The molecule has 0 aliphatic heterocycles. The molecule has 0 saturated heterocycles. The molecule has 1 nitrogen and oxygen atoms in total. The molecule has 0 aromatic heterocycles. The predicted molar refractivity (Wildman–Crippen MR) is 84.3 cm³/mol. The number of benzene rings is 2. The first kappa shape index (κ1) is 15.1. The predicted octanol–water partition coefficient (Wildman–Crippen LogP) is 5.69. The molecule has 1 unspecified atom stereocenters. The van der Waals surface area contributed by atoms with E-state index in [2.05, 4.69) is 15.9 Å². The monoisotopic (exact) mass is 378 g/mol. The fraction of sp³-hybridized carbons (Fsp3) is 0.143. The van der Waals surface area contributed by atoms with Crippen LogP contribution in [0.4, 0.5) is 0 Å². The molecule has 2 aromatic carbocycles. The lowest BCUT2D eigenvalue weighted by atomic mass is 10.0. The molecule has 19 heavy (non-hydrogen) atoms. The normalized spacial score (nSPS) is 12.5. The van der Waals surface area contributed by atoms with Crippen molar-refractivity contribution in [3.8, 4) is 0 Å². The Morgan fingerprint density at radius 2 is 1.74 bits per heavy atom. The fourth-order valence-electron chi connectivity index (χ4n) is 1.73. The van der Waals surface area contributed by atoms with Gasteiger partial charge in [-0.05, 0) is 51.3 Å². The smallest absolute Gasteiger partial charge is 0.0831 e. The Balaban J connectivity index is 2.20. The van der Waals surface area contributed by atoms with Crippen molar-refractivity contribution in [2.24, 2.45) is 0 Å². The molecule has 2 rings (SSSR count). The maximum atomic E-state index is 10.2. The Morgan fingerprint density at radius 1 is 1.00 bits per heavy atom. The zero-order chi connectivity index (χ0) is 14.0. The van der Waals surface area contributed by atoms with Crippen LogP contribution in [0.5, 0.6) is 0 Å². The summed E-state index contributed by atoms with van der Waals surface area (Å²) in [7, 11) is 0. The second-order valence-corrected chi connectivity index (χ2v) is 6.23. The van der Waals surface area contributed by atoms with Crippen molar-refractivity contribution in [3.63, 3.8) is 0 Å². The van der Waals surface area contributed by atoms with Crippen molar-refractivity contribution in [1.82, 2.24) is 0 Å². The molecule has 0 fully saturated rings. The van der Waals surface area contributed by atoms with Crippen LogP contribution in [0, 0.1) is 0 Å². The summed E-state index contributed by atoms with van der Waals surface area (Å²) in [5.41, 5.74) is 1.63. The van der Waals surface area contributed by atoms with Crippen LogP contribution in [0.25, 0.3) is 0 Å². The van der Waals surface area contributed by atoms with E-state index in [0.717, 1.165) is 15.6 Å². The standard InChI is InChI=1S/C14H10BrCl3O/c15-11-5-9(2-4-12(11)17)14(19)6-8-1-3-10(16)7-13(8)18/h1-5,7,14,19H,6H2. The van der Waals surface area contributed by atoms with E-state index in [0.29, 0.717) is 21.5 Å². The summed E-state index contributed by atoms with van der Waals surface area (Å²) in [6, 6.07) is 10.6. The molecule has 0 radical (unpaired) electrons. The summed E-state index contributed by atoms with van der Waals surface area (Å²) < 4.78 is 0.757. The number of hydrogen-bond acceptors (Lipinski definition) is 1. The third-order valence-electron chi connectivity index (χ3n) is 2.76. The minimum atomic E-state index is -0.646. The number of hydrogen-bond donors (Lipinski definition) is 1. The van der Waals surface area contributed by atoms with Gasteiger partial charge in [0.2, 0.25) is 0 Å². The molecule has 0 spiro atoms. The van der Waals surface area contributed by atoms with Gasteiger partial charge in [-0.3, -0.25) is 0 Å². The Labute approximate surface area is 135 Å². The van der Waals surface area contributed by atoms with Crippen LogP contribution >= 0.6 is 50.7 Å². The highest BCUT2D eigenvalue weighted by molar-refractivity contribution is 9.10. The quantitative estimate of drug-likeness (QED) is 0.726. The highest BCUT2D eigenvalue weighted by atomic mass is 79.9. The summed E-state index contributed by atoms with van der Waals surface area (Å²) in [5.74, 6) is 0. The first-order chi connectivity index (χ1) is 8.97. The van der Waals surface area contributed by atoms with E-state index in [1.54, 1.807) is 30.3 Å². The van der Waals surface area contributed by atoms with E-state index in [-0.39, 0.29) is 0 Å². The van der Waals surface area contributed by atoms with Crippen molar-refractivity contribution >= 4 is 50.7 Å². The fourth-order valence-corrected chi connectivity index (χ4v) is 2.73. The van der Waals surface area contributed by atoms with Crippen LogP contribution in [0.1, 0.15) is 17.2 Å². The van der Waals surface area contributed by atoms with E-state index >= 15 is 0 Å². The van der Waals surface area contributed by atoms with E-state index < -0.39 is 6.10 Å². The van der Waals surface area contributed by atoms with E-state index in [9.17, 15) is 5.11 Å². The van der Waals surface area contributed by atoms with Crippen molar-refractivity contribution in [3.05, 3.63) is 67.1 Å². The van der Waals surface area contributed by atoms with Gasteiger partial charge in [0.25, 0.3) is 0 Å². The number of rotatable bonds is 3. The molecule has 0 aliphatic carbocycles. The minimum absolute atomic E-state index is 0.421. The van der Waals surface area contributed by atoms with Crippen LogP contribution < -0.4 is 0 Å². The lowest BCUT2D eigenvalue weighted by Crippen LogP contribution is -2.02. The molecule has 1 N–H and O–H groups in total. The third kappa shape index (κ3) is 3.87. The zero-order valence-electron chi connectivity index (χ0n) is 9.71. The van der Waals surface area contributed by atoms with Crippen LogP contribution in [-0.4, -0.2) is 5.11 Å². The lowest BCUT2D eigenvalue weighted by molar-refractivity contribution is 0.178. The average molecular weight is 380 g/mol. The summed E-state index contributed by atoms with van der Waals surface area (Å²) in [6.45, 7) is 0. The highest BCUT2D eigenvalue weighted by Gasteiger charge is 2.12. The molecule has 0 bridgehead atoms. The number of aliphatic hydroxyl groups excluding tert-OH is 1. The highest BCUT2D eigenvalue weighted by Crippen LogP contribution is 2.29. The van der Waals surface area contributed by atoms with Crippen molar-refractivity contribution in [1.29, 1.82) is 0 Å². The van der Waals surface area contributed by atoms with Crippen molar-refractivity contribution in [2.45, 2.75) is 12.5 Å². The Hall–Kier alpha value is -0.250. The SMILES string of the molecule is OC(Cc1ccc(Cl)cc1Cl)c1ccc(Cl)c(Br)c1. The third-order valence-corrected chi connectivity index (χ3v) is 4.56. The Kier molecular flexibility index (Phi) is 5.15. The molecule has 2 aromatic rings. The Morgan fingerprint density at radius 3 is 2.37 bits per heavy atom. The molecule has 0 heterocycles. The van der Waals surface area contributed by atoms with Gasteiger partial charge in [0.05, 0.1) is 11.1 Å². The molecule has 100 valence electrons. The van der Waals surface area contributed by atoms with E-state index in [4.69, 9.17) is 34.8 Å². The van der Waals surface area contributed by atoms with Gasteiger partial charge in [-0.15, -0.1) is 0 Å². The number of aliphatic hydroxyl groups is 1. The van der Waals surface area contributed by atoms with Gasteiger partial charge >= 0.3 is 0 Å². The van der Waals surface area contributed by atoms with E-state index in [1.807, 2.05) is 6.07 Å². The van der Waals surface area contributed by atoms with Crippen LogP contribution in [0.15, 0.2) is 40.9 Å². The number of halogens is 4.